The fraction of sp³-hybridized carbons (Fsp3) is 0.700. The molecule has 0 bridgehead atoms. The Morgan fingerprint density at radius 2 is 2.56 bits per heavy atom. The number of nitrogens with two attached hydrogens (primary N) is 1. The van der Waals surface area contributed by atoms with Crippen molar-refractivity contribution in [1.29, 1.82) is 0 Å². The topological polar surface area (TPSA) is 60.2 Å². The molecule has 1 aromatic rings. The number of nitrogens with zero attached hydrogens (tertiary/aromatic N) is 1. The van der Waals surface area contributed by atoms with Crippen LogP contribution in [0.1, 0.15) is 12.8 Å². The van der Waals surface area contributed by atoms with Crippen LogP contribution >= 0.6 is 23.3 Å². The van der Waals surface area contributed by atoms with Gasteiger partial charge in [0.15, 0.2) is 5.82 Å². The molecule has 1 unspecified atom stereocenters. The van der Waals surface area contributed by atoms with Crippen LogP contribution in [-0.2, 0) is 4.74 Å². The van der Waals surface area contributed by atoms with Gasteiger partial charge in [-0.15, -0.1) is 11.8 Å². The average molecular weight is 259 g/mol. The van der Waals surface area contributed by atoms with Crippen LogP contribution in [-0.4, -0.2) is 30.4 Å². The summed E-state index contributed by atoms with van der Waals surface area (Å²) >= 11 is 3.09. The van der Waals surface area contributed by atoms with Crippen LogP contribution in [0.5, 0.6) is 0 Å². The van der Waals surface area contributed by atoms with Crippen LogP contribution in [0.25, 0.3) is 0 Å². The van der Waals surface area contributed by atoms with Crippen LogP contribution < -0.4 is 11.1 Å². The first-order valence-corrected chi connectivity index (χ1v) is 7.42. The lowest BCUT2D eigenvalue weighted by Crippen LogP contribution is -2.24. The number of ether oxygens (including phenoxy) is 1. The normalized spacial score (nSPS) is 20.9. The highest BCUT2D eigenvalue weighted by molar-refractivity contribution is 7.99. The van der Waals surface area contributed by atoms with Crippen molar-refractivity contribution in [3.8, 4) is 0 Å². The first kappa shape index (κ1) is 12.0. The van der Waals surface area contributed by atoms with Crippen molar-refractivity contribution in [2.45, 2.75) is 17.7 Å². The molecule has 1 aliphatic rings. The second kappa shape index (κ2) is 5.75. The monoisotopic (exact) mass is 259 g/mol. The molecule has 4 nitrogen and oxygen atoms in total. The van der Waals surface area contributed by atoms with E-state index in [4.69, 9.17) is 10.5 Å². The van der Waals surface area contributed by atoms with Gasteiger partial charge in [-0.05, 0) is 36.5 Å². The minimum absolute atomic E-state index is 0.617. The first-order valence-electron chi connectivity index (χ1n) is 5.42. The number of rotatable bonds is 4. The lowest BCUT2D eigenvalue weighted by molar-refractivity contribution is 0.0595. The van der Waals surface area contributed by atoms with Crippen LogP contribution in [0.3, 0.4) is 0 Å². The minimum Gasteiger partial charge on any atom is -0.382 e. The van der Waals surface area contributed by atoms with E-state index in [9.17, 15) is 0 Å². The summed E-state index contributed by atoms with van der Waals surface area (Å²) in [5.74, 6) is 1.26. The van der Waals surface area contributed by atoms with Crippen LogP contribution in [0.2, 0.25) is 0 Å². The highest BCUT2D eigenvalue weighted by atomic mass is 32.2. The van der Waals surface area contributed by atoms with Crippen molar-refractivity contribution in [3.05, 3.63) is 0 Å². The van der Waals surface area contributed by atoms with E-state index in [0.29, 0.717) is 11.7 Å². The van der Waals surface area contributed by atoms with Gasteiger partial charge >= 0.3 is 0 Å². The first-order chi connectivity index (χ1) is 7.81. The van der Waals surface area contributed by atoms with Gasteiger partial charge in [0.05, 0.1) is 11.5 Å². The van der Waals surface area contributed by atoms with Gasteiger partial charge in [0.1, 0.15) is 5.00 Å². The fourth-order valence-electron chi connectivity index (χ4n) is 1.81. The van der Waals surface area contributed by atoms with E-state index >= 15 is 0 Å². The standard InChI is InChI=1S/C10H17N3OS2/c1-15-8-9(11)13-16-10(8)12-5-7-3-2-4-14-6-7/h7,12H,2-6H2,1H3,(H2,11,13). The minimum atomic E-state index is 0.617. The highest BCUT2D eigenvalue weighted by Gasteiger charge is 2.16. The summed E-state index contributed by atoms with van der Waals surface area (Å²) in [7, 11) is 0. The number of aromatic nitrogens is 1. The van der Waals surface area contributed by atoms with Crippen molar-refractivity contribution in [1.82, 2.24) is 4.37 Å². The maximum atomic E-state index is 5.77. The molecule has 2 rings (SSSR count). The van der Waals surface area contributed by atoms with Crippen molar-refractivity contribution in [2.24, 2.45) is 5.92 Å². The Hall–Kier alpha value is -0.460. The molecule has 1 fully saturated rings. The molecule has 6 heteroatoms. The Morgan fingerprint density at radius 3 is 3.25 bits per heavy atom. The second-order valence-electron chi connectivity index (χ2n) is 3.89. The predicted molar refractivity (Wildman–Crippen MR) is 70.3 cm³/mol. The summed E-state index contributed by atoms with van der Waals surface area (Å²) in [4.78, 5) is 1.07. The van der Waals surface area contributed by atoms with Crippen LogP contribution in [0.4, 0.5) is 10.8 Å². The quantitative estimate of drug-likeness (QED) is 0.812. The predicted octanol–water partition coefficient (Wildman–Crippen LogP) is 2.29. The molecule has 0 spiro atoms. The molecule has 0 aliphatic carbocycles. The Morgan fingerprint density at radius 1 is 1.69 bits per heavy atom. The molecule has 16 heavy (non-hydrogen) atoms. The largest absolute Gasteiger partial charge is 0.382 e. The van der Waals surface area contributed by atoms with Gasteiger partial charge in [0.2, 0.25) is 0 Å². The molecule has 1 atom stereocenters. The average Bonchev–Trinajstić information content (AvgIpc) is 2.68. The van der Waals surface area contributed by atoms with E-state index in [1.54, 1.807) is 11.8 Å². The molecule has 1 aliphatic heterocycles. The zero-order valence-corrected chi connectivity index (χ0v) is 11.0. The smallest absolute Gasteiger partial charge is 0.153 e. The summed E-state index contributed by atoms with van der Waals surface area (Å²) < 4.78 is 9.61. The zero-order chi connectivity index (χ0) is 11.4. The maximum absolute atomic E-state index is 5.77. The number of hydrogen-bond acceptors (Lipinski definition) is 6. The molecular weight excluding hydrogens is 242 g/mol. The summed E-state index contributed by atoms with van der Waals surface area (Å²) in [5.41, 5.74) is 5.77. The maximum Gasteiger partial charge on any atom is 0.153 e. The van der Waals surface area contributed by atoms with Crippen molar-refractivity contribution in [3.63, 3.8) is 0 Å². The number of anilines is 2. The van der Waals surface area contributed by atoms with Crippen molar-refractivity contribution >= 4 is 34.1 Å². The molecule has 1 aromatic heterocycles. The Balaban J connectivity index is 1.88. The molecular formula is C10H17N3OS2. The molecule has 90 valence electrons. The highest BCUT2D eigenvalue weighted by Crippen LogP contribution is 2.34. The molecule has 0 amide bonds. The van der Waals surface area contributed by atoms with Gasteiger partial charge < -0.3 is 15.8 Å². The van der Waals surface area contributed by atoms with E-state index in [2.05, 4.69) is 9.69 Å². The van der Waals surface area contributed by atoms with Gasteiger partial charge in [0.25, 0.3) is 0 Å². The van der Waals surface area contributed by atoms with E-state index < -0.39 is 0 Å². The van der Waals surface area contributed by atoms with E-state index in [0.717, 1.165) is 29.7 Å². The van der Waals surface area contributed by atoms with Gasteiger partial charge in [-0.1, -0.05) is 0 Å². The Bertz CT molecular complexity index is 337. The zero-order valence-electron chi connectivity index (χ0n) is 9.36. The summed E-state index contributed by atoms with van der Waals surface area (Å²) in [6, 6.07) is 0. The number of nitrogen functional groups attached to an aromatic ring is 1. The second-order valence-corrected chi connectivity index (χ2v) is 5.48. The Kier molecular flexibility index (Phi) is 4.31. The SMILES string of the molecule is CSc1c(N)nsc1NCC1CCCOC1. The molecule has 0 radical (unpaired) electrons. The fourth-order valence-corrected chi connectivity index (χ4v) is 3.36. The summed E-state index contributed by atoms with van der Waals surface area (Å²) in [6.45, 7) is 2.74. The van der Waals surface area contributed by atoms with E-state index in [1.807, 2.05) is 6.26 Å². The van der Waals surface area contributed by atoms with Crippen LogP contribution in [0, 0.1) is 5.92 Å². The van der Waals surface area contributed by atoms with E-state index in [1.165, 1.54) is 24.4 Å². The molecule has 0 aromatic carbocycles. The number of hydrogen-bond donors (Lipinski definition) is 2. The lowest BCUT2D eigenvalue weighted by atomic mass is 10.0. The van der Waals surface area contributed by atoms with Gasteiger partial charge in [0, 0.05) is 13.2 Å². The number of nitrogens with one attached hydrogen (secondary N) is 1. The molecule has 1 saturated heterocycles. The van der Waals surface area contributed by atoms with Crippen LogP contribution in [0.15, 0.2) is 4.90 Å². The van der Waals surface area contributed by atoms with E-state index in [-0.39, 0.29) is 0 Å². The van der Waals surface area contributed by atoms with Gasteiger partial charge in [-0.3, -0.25) is 0 Å². The molecule has 2 heterocycles. The lowest BCUT2D eigenvalue weighted by Gasteiger charge is -2.22. The van der Waals surface area contributed by atoms with Gasteiger partial charge in [-0.2, -0.15) is 4.37 Å². The number of thioether (sulfide) groups is 1. The molecule has 0 saturated carbocycles. The van der Waals surface area contributed by atoms with Gasteiger partial charge in [-0.25, -0.2) is 0 Å². The summed E-state index contributed by atoms with van der Waals surface area (Å²) in [5, 5.41) is 4.52. The van der Waals surface area contributed by atoms with Crippen molar-refractivity contribution in [2.75, 3.05) is 37.1 Å². The molecule has 3 N–H and O–H groups in total. The third-order valence-corrected chi connectivity index (χ3v) is 4.45. The summed E-state index contributed by atoms with van der Waals surface area (Å²) in [6.07, 6.45) is 4.44. The third-order valence-electron chi connectivity index (χ3n) is 2.68. The third kappa shape index (κ3) is 2.81. The Labute approximate surface area is 104 Å². The van der Waals surface area contributed by atoms with Crippen molar-refractivity contribution < 1.29 is 4.74 Å².